The minimum Gasteiger partial charge on any atom is -0.340 e. The lowest BCUT2D eigenvalue weighted by Crippen LogP contribution is -2.57. The van der Waals surface area contributed by atoms with Crippen molar-refractivity contribution < 1.29 is 14.5 Å². The van der Waals surface area contributed by atoms with E-state index in [4.69, 9.17) is 0 Å². The third-order valence-corrected chi connectivity index (χ3v) is 4.79. The van der Waals surface area contributed by atoms with E-state index in [2.05, 4.69) is 5.32 Å². The quantitative estimate of drug-likeness (QED) is 0.618. The molecule has 26 heavy (non-hydrogen) atoms. The van der Waals surface area contributed by atoms with Crippen molar-refractivity contribution in [3.63, 3.8) is 0 Å². The number of halogens is 1. The predicted octanol–water partition coefficient (Wildman–Crippen LogP) is 0.982. The minimum absolute atomic E-state index is 0. The number of piperazine rings is 1. The standard InChI is InChI=1S/C17H22N4O4.ClH/c22-16(10-13-3-1-4-14(9-13)21(24)25)19-7-2-5-15(12-19)20-8-6-18-11-17(20)23;/h1,3-4,9,15,18H,2,5-8,10-12H2;1H. The molecule has 2 saturated heterocycles. The van der Waals surface area contributed by atoms with Crippen LogP contribution >= 0.6 is 12.4 Å². The SMILES string of the molecule is Cl.O=C(Cc1cccc([N+](=O)[O-])c1)N1CCCC(N2CCNCC2=O)C1. The second-order valence-electron chi connectivity index (χ2n) is 6.50. The molecule has 1 aromatic carbocycles. The maximum atomic E-state index is 12.6. The van der Waals surface area contributed by atoms with E-state index < -0.39 is 4.92 Å². The van der Waals surface area contributed by atoms with Crippen LogP contribution in [-0.4, -0.2) is 65.3 Å². The summed E-state index contributed by atoms with van der Waals surface area (Å²) >= 11 is 0. The summed E-state index contributed by atoms with van der Waals surface area (Å²) in [7, 11) is 0. The van der Waals surface area contributed by atoms with Crippen molar-refractivity contribution in [1.82, 2.24) is 15.1 Å². The summed E-state index contributed by atoms with van der Waals surface area (Å²) in [5.74, 6) is 0.0389. The van der Waals surface area contributed by atoms with Crippen LogP contribution in [0.3, 0.4) is 0 Å². The van der Waals surface area contributed by atoms with Gasteiger partial charge in [0.15, 0.2) is 0 Å². The van der Waals surface area contributed by atoms with Crippen LogP contribution in [0.4, 0.5) is 5.69 Å². The molecule has 9 heteroatoms. The van der Waals surface area contributed by atoms with Gasteiger partial charge in [-0.25, -0.2) is 0 Å². The highest BCUT2D eigenvalue weighted by Crippen LogP contribution is 2.19. The lowest BCUT2D eigenvalue weighted by atomic mass is 10.0. The predicted molar refractivity (Wildman–Crippen MR) is 98.2 cm³/mol. The van der Waals surface area contributed by atoms with Gasteiger partial charge in [-0.3, -0.25) is 19.7 Å². The van der Waals surface area contributed by atoms with Gasteiger partial charge < -0.3 is 15.1 Å². The Morgan fingerprint density at radius 1 is 1.35 bits per heavy atom. The molecule has 0 aromatic heterocycles. The van der Waals surface area contributed by atoms with Crippen molar-refractivity contribution in [2.24, 2.45) is 0 Å². The third-order valence-electron chi connectivity index (χ3n) is 4.79. The molecule has 1 N–H and O–H groups in total. The van der Waals surface area contributed by atoms with E-state index in [1.165, 1.54) is 12.1 Å². The summed E-state index contributed by atoms with van der Waals surface area (Å²) in [6.07, 6.45) is 1.92. The monoisotopic (exact) mass is 382 g/mol. The van der Waals surface area contributed by atoms with Crippen LogP contribution in [0.2, 0.25) is 0 Å². The van der Waals surface area contributed by atoms with Gasteiger partial charge in [0, 0.05) is 44.4 Å². The maximum Gasteiger partial charge on any atom is 0.269 e. The third kappa shape index (κ3) is 4.70. The number of amides is 2. The fraction of sp³-hybridized carbons (Fsp3) is 0.529. The summed E-state index contributed by atoms with van der Waals surface area (Å²) in [5.41, 5.74) is 0.632. The van der Waals surface area contributed by atoms with E-state index in [0.29, 0.717) is 31.7 Å². The second-order valence-corrected chi connectivity index (χ2v) is 6.50. The zero-order valence-electron chi connectivity index (χ0n) is 14.4. The average molecular weight is 383 g/mol. The number of piperidine rings is 1. The number of carbonyl (C=O) groups excluding carboxylic acids is 2. The van der Waals surface area contributed by atoms with Gasteiger partial charge in [-0.1, -0.05) is 12.1 Å². The summed E-state index contributed by atoms with van der Waals surface area (Å²) in [5, 5.41) is 13.9. The fourth-order valence-electron chi connectivity index (χ4n) is 3.51. The fourth-order valence-corrected chi connectivity index (χ4v) is 3.51. The molecular weight excluding hydrogens is 360 g/mol. The summed E-state index contributed by atoms with van der Waals surface area (Å²) in [6, 6.07) is 6.25. The van der Waals surface area contributed by atoms with Gasteiger partial charge in [0.1, 0.15) is 0 Å². The van der Waals surface area contributed by atoms with Crippen molar-refractivity contribution in [2.75, 3.05) is 32.7 Å². The summed E-state index contributed by atoms with van der Waals surface area (Å²) < 4.78 is 0. The van der Waals surface area contributed by atoms with Crippen molar-refractivity contribution in [2.45, 2.75) is 25.3 Å². The smallest absolute Gasteiger partial charge is 0.269 e. The lowest BCUT2D eigenvalue weighted by molar-refractivity contribution is -0.384. The molecule has 2 aliphatic heterocycles. The second kappa shape index (κ2) is 8.95. The number of likely N-dealkylation sites (tertiary alicyclic amines) is 1. The van der Waals surface area contributed by atoms with E-state index in [1.54, 1.807) is 17.0 Å². The van der Waals surface area contributed by atoms with Gasteiger partial charge in [0.05, 0.1) is 17.9 Å². The number of non-ortho nitro benzene ring substituents is 1. The highest BCUT2D eigenvalue weighted by molar-refractivity contribution is 5.85. The van der Waals surface area contributed by atoms with E-state index in [0.717, 1.165) is 19.4 Å². The number of nitrogens with zero attached hydrogens (tertiary/aromatic N) is 3. The van der Waals surface area contributed by atoms with Crippen molar-refractivity contribution in [1.29, 1.82) is 0 Å². The molecule has 2 heterocycles. The molecule has 8 nitrogen and oxygen atoms in total. The molecule has 1 aromatic rings. The molecule has 1 atom stereocenters. The molecule has 1 unspecified atom stereocenters. The highest BCUT2D eigenvalue weighted by atomic mass is 35.5. The van der Waals surface area contributed by atoms with Crippen LogP contribution in [0.15, 0.2) is 24.3 Å². The lowest BCUT2D eigenvalue weighted by Gasteiger charge is -2.41. The topological polar surface area (TPSA) is 95.8 Å². The van der Waals surface area contributed by atoms with Gasteiger partial charge in [0.25, 0.3) is 5.69 Å². The largest absolute Gasteiger partial charge is 0.340 e. The number of rotatable bonds is 4. The molecule has 142 valence electrons. The van der Waals surface area contributed by atoms with Gasteiger partial charge in [-0.15, -0.1) is 12.4 Å². The first-order valence-electron chi connectivity index (χ1n) is 8.56. The Balaban J connectivity index is 0.00000243. The van der Waals surface area contributed by atoms with E-state index >= 15 is 0 Å². The Morgan fingerprint density at radius 3 is 2.88 bits per heavy atom. The zero-order valence-corrected chi connectivity index (χ0v) is 15.2. The molecule has 2 aliphatic rings. The summed E-state index contributed by atoms with van der Waals surface area (Å²) in [4.78, 5) is 38.7. The normalized spacial score (nSPS) is 20.5. The molecule has 2 amide bonds. The Hall–Kier alpha value is -2.19. The van der Waals surface area contributed by atoms with Crippen molar-refractivity contribution in [3.05, 3.63) is 39.9 Å². The van der Waals surface area contributed by atoms with Crippen molar-refractivity contribution >= 4 is 29.9 Å². The van der Waals surface area contributed by atoms with Crippen LogP contribution < -0.4 is 5.32 Å². The Bertz CT molecular complexity index is 684. The molecule has 0 aliphatic carbocycles. The molecule has 2 fully saturated rings. The summed E-state index contributed by atoms with van der Waals surface area (Å²) in [6.45, 7) is 3.03. The van der Waals surface area contributed by atoms with Crippen LogP contribution in [0.5, 0.6) is 0 Å². The zero-order chi connectivity index (χ0) is 17.8. The number of nitro groups is 1. The molecule has 0 bridgehead atoms. The van der Waals surface area contributed by atoms with Crippen LogP contribution in [-0.2, 0) is 16.0 Å². The number of nitrogens with one attached hydrogen (secondary N) is 1. The van der Waals surface area contributed by atoms with Crippen molar-refractivity contribution in [3.8, 4) is 0 Å². The Kier molecular flexibility index (Phi) is 6.93. The first kappa shape index (κ1) is 20.1. The number of benzene rings is 1. The number of hydrogen-bond donors (Lipinski definition) is 1. The van der Waals surface area contributed by atoms with Gasteiger partial charge in [-0.05, 0) is 18.4 Å². The number of carbonyl (C=O) groups is 2. The molecular formula is C17H23ClN4O4. The van der Waals surface area contributed by atoms with Crippen LogP contribution in [0, 0.1) is 10.1 Å². The first-order chi connectivity index (χ1) is 12.0. The molecule has 3 rings (SSSR count). The van der Waals surface area contributed by atoms with Crippen LogP contribution in [0.1, 0.15) is 18.4 Å². The molecule has 0 saturated carbocycles. The maximum absolute atomic E-state index is 12.6. The molecule has 0 spiro atoms. The minimum atomic E-state index is -0.457. The van der Waals surface area contributed by atoms with Gasteiger partial charge in [0.2, 0.25) is 11.8 Å². The van der Waals surface area contributed by atoms with Gasteiger partial charge >= 0.3 is 0 Å². The number of nitro benzene ring substituents is 1. The van der Waals surface area contributed by atoms with Crippen LogP contribution in [0.25, 0.3) is 0 Å². The Morgan fingerprint density at radius 2 is 2.15 bits per heavy atom. The number of hydrogen-bond acceptors (Lipinski definition) is 5. The van der Waals surface area contributed by atoms with E-state index in [1.807, 2.05) is 4.90 Å². The first-order valence-corrected chi connectivity index (χ1v) is 8.56. The molecule has 0 radical (unpaired) electrons. The Labute approximate surface area is 158 Å². The van der Waals surface area contributed by atoms with Gasteiger partial charge in [-0.2, -0.15) is 0 Å². The average Bonchev–Trinajstić information content (AvgIpc) is 2.62. The van der Waals surface area contributed by atoms with E-state index in [-0.39, 0.29) is 42.4 Å². The van der Waals surface area contributed by atoms with E-state index in [9.17, 15) is 19.7 Å². The highest BCUT2D eigenvalue weighted by Gasteiger charge is 2.31.